The van der Waals surface area contributed by atoms with Crippen LogP contribution in [0.5, 0.6) is 0 Å². The van der Waals surface area contributed by atoms with Gasteiger partial charge in [0.15, 0.2) is 0 Å². The highest BCUT2D eigenvalue weighted by atomic mass is 16.2. The number of aromatic nitrogens is 2. The number of anilines is 2. The van der Waals surface area contributed by atoms with Crippen LogP contribution < -0.4 is 21.7 Å². The van der Waals surface area contributed by atoms with E-state index in [-0.39, 0.29) is 17.4 Å². The Morgan fingerprint density at radius 2 is 1.76 bits per heavy atom. The van der Waals surface area contributed by atoms with Crippen LogP contribution in [0.2, 0.25) is 0 Å². The molecule has 0 saturated heterocycles. The molecule has 0 saturated carbocycles. The number of benzene rings is 2. The molecule has 0 bridgehead atoms. The van der Waals surface area contributed by atoms with Crippen molar-refractivity contribution >= 4 is 34.4 Å². The molecule has 0 radical (unpaired) electrons. The number of nitrogens with one attached hydrogen (secondary N) is 4. The van der Waals surface area contributed by atoms with Gasteiger partial charge in [0.2, 0.25) is 11.9 Å². The van der Waals surface area contributed by atoms with E-state index in [0.29, 0.717) is 22.2 Å². The Morgan fingerprint density at radius 3 is 2.48 bits per heavy atom. The van der Waals surface area contributed by atoms with E-state index in [4.69, 9.17) is 0 Å². The number of para-hydroxylation sites is 1. The molecule has 1 aromatic heterocycles. The Kier molecular flexibility index (Phi) is 4.42. The van der Waals surface area contributed by atoms with E-state index >= 15 is 0 Å². The molecule has 0 aliphatic heterocycles. The van der Waals surface area contributed by atoms with Gasteiger partial charge in [0, 0.05) is 18.2 Å². The fourth-order valence-corrected chi connectivity index (χ4v) is 2.24. The molecule has 0 spiro atoms. The Bertz CT molecular complexity index is 995. The predicted molar refractivity (Wildman–Crippen MR) is 94.2 cm³/mol. The van der Waals surface area contributed by atoms with Crippen molar-refractivity contribution in [3.8, 4) is 0 Å². The molecule has 0 aliphatic carbocycles. The molecular weight excluding hydrogens is 322 g/mol. The van der Waals surface area contributed by atoms with Crippen LogP contribution in [0.4, 0.5) is 11.6 Å². The van der Waals surface area contributed by atoms with Crippen LogP contribution in [-0.2, 0) is 4.79 Å². The molecule has 0 atom stereocenters. The summed E-state index contributed by atoms with van der Waals surface area (Å²) in [6, 6.07) is 13.3. The van der Waals surface area contributed by atoms with E-state index in [0.717, 1.165) is 0 Å². The summed E-state index contributed by atoms with van der Waals surface area (Å²) in [7, 11) is 0. The maximum Gasteiger partial charge on any atom is 0.269 e. The van der Waals surface area contributed by atoms with E-state index in [2.05, 4.69) is 26.1 Å². The van der Waals surface area contributed by atoms with Gasteiger partial charge in [0.05, 0.1) is 10.9 Å². The molecule has 3 rings (SSSR count). The number of rotatable bonds is 4. The van der Waals surface area contributed by atoms with E-state index in [1.807, 2.05) is 0 Å². The van der Waals surface area contributed by atoms with Gasteiger partial charge in [0.1, 0.15) is 0 Å². The number of nitrogens with zero attached hydrogens (tertiary/aromatic N) is 1. The van der Waals surface area contributed by atoms with Gasteiger partial charge >= 0.3 is 0 Å². The molecule has 4 N–H and O–H groups in total. The standard InChI is InChI=1S/C17H15N5O3/c1-10(23)18-12-8-6-11(7-9-12)15(24)21-22-17-19-14-5-3-2-4-13(14)16(25)20-17/h2-9H,1H3,(H,18,23)(H,21,24)(H2,19,20,22,25). The van der Waals surface area contributed by atoms with Crippen molar-refractivity contribution in [1.82, 2.24) is 15.4 Å². The van der Waals surface area contributed by atoms with Gasteiger partial charge < -0.3 is 5.32 Å². The molecule has 0 fully saturated rings. The number of aromatic amines is 1. The largest absolute Gasteiger partial charge is 0.326 e. The summed E-state index contributed by atoms with van der Waals surface area (Å²) in [6.07, 6.45) is 0. The van der Waals surface area contributed by atoms with Gasteiger partial charge in [-0.25, -0.2) is 4.98 Å². The number of H-pyrrole nitrogens is 1. The summed E-state index contributed by atoms with van der Waals surface area (Å²) in [4.78, 5) is 41.8. The fourth-order valence-electron chi connectivity index (χ4n) is 2.24. The van der Waals surface area contributed by atoms with Gasteiger partial charge in [-0.05, 0) is 36.4 Å². The molecule has 1 heterocycles. The average molecular weight is 337 g/mol. The Balaban J connectivity index is 1.70. The van der Waals surface area contributed by atoms with Crippen LogP contribution in [0.25, 0.3) is 10.9 Å². The molecule has 25 heavy (non-hydrogen) atoms. The average Bonchev–Trinajstić information content (AvgIpc) is 2.60. The minimum atomic E-state index is -0.412. The smallest absolute Gasteiger partial charge is 0.269 e. The van der Waals surface area contributed by atoms with Crippen LogP contribution in [0.1, 0.15) is 17.3 Å². The number of amides is 2. The molecular formula is C17H15N5O3. The highest BCUT2D eigenvalue weighted by Gasteiger charge is 2.07. The number of fused-ring (bicyclic) bond motifs is 1. The third-order valence-corrected chi connectivity index (χ3v) is 3.37. The molecule has 3 aromatic rings. The summed E-state index contributed by atoms with van der Waals surface area (Å²) < 4.78 is 0. The summed E-state index contributed by atoms with van der Waals surface area (Å²) in [5, 5.41) is 3.08. The molecule has 0 unspecified atom stereocenters. The minimum Gasteiger partial charge on any atom is -0.326 e. The van der Waals surface area contributed by atoms with Crippen LogP contribution >= 0.6 is 0 Å². The van der Waals surface area contributed by atoms with Crippen molar-refractivity contribution in [2.75, 3.05) is 10.7 Å². The van der Waals surface area contributed by atoms with E-state index in [1.54, 1.807) is 48.5 Å². The summed E-state index contributed by atoms with van der Waals surface area (Å²) in [5.41, 5.74) is 6.23. The van der Waals surface area contributed by atoms with Crippen molar-refractivity contribution < 1.29 is 9.59 Å². The summed E-state index contributed by atoms with van der Waals surface area (Å²) in [5.74, 6) is -0.470. The lowest BCUT2D eigenvalue weighted by atomic mass is 10.2. The van der Waals surface area contributed by atoms with Crippen LogP contribution in [0.15, 0.2) is 53.3 Å². The zero-order valence-corrected chi connectivity index (χ0v) is 13.3. The van der Waals surface area contributed by atoms with E-state index < -0.39 is 5.91 Å². The number of hydrogen-bond donors (Lipinski definition) is 4. The van der Waals surface area contributed by atoms with Crippen molar-refractivity contribution in [2.45, 2.75) is 6.92 Å². The lowest BCUT2D eigenvalue weighted by molar-refractivity contribution is -0.114. The molecule has 8 nitrogen and oxygen atoms in total. The highest BCUT2D eigenvalue weighted by molar-refractivity contribution is 5.96. The molecule has 0 aliphatic rings. The van der Waals surface area contributed by atoms with Gasteiger partial charge in [0.25, 0.3) is 11.5 Å². The summed E-state index contributed by atoms with van der Waals surface area (Å²) >= 11 is 0. The number of hydrogen-bond acceptors (Lipinski definition) is 5. The quantitative estimate of drug-likeness (QED) is 0.540. The van der Waals surface area contributed by atoms with Gasteiger partial charge in [-0.1, -0.05) is 12.1 Å². The topological polar surface area (TPSA) is 116 Å². The van der Waals surface area contributed by atoms with Crippen molar-refractivity contribution in [3.05, 3.63) is 64.4 Å². The lowest BCUT2D eigenvalue weighted by Gasteiger charge is -2.09. The number of carbonyl (C=O) groups excluding carboxylic acids is 2. The van der Waals surface area contributed by atoms with E-state index in [1.165, 1.54) is 6.92 Å². The van der Waals surface area contributed by atoms with Gasteiger partial charge in [-0.15, -0.1) is 0 Å². The van der Waals surface area contributed by atoms with Crippen LogP contribution in [0, 0.1) is 0 Å². The first-order chi connectivity index (χ1) is 12.0. The molecule has 126 valence electrons. The Morgan fingerprint density at radius 1 is 1.04 bits per heavy atom. The first-order valence-corrected chi connectivity index (χ1v) is 7.46. The number of hydrazine groups is 1. The van der Waals surface area contributed by atoms with Gasteiger partial charge in [-0.3, -0.25) is 30.2 Å². The van der Waals surface area contributed by atoms with E-state index in [9.17, 15) is 14.4 Å². The third-order valence-electron chi connectivity index (χ3n) is 3.37. The van der Waals surface area contributed by atoms with Crippen molar-refractivity contribution in [2.24, 2.45) is 0 Å². The zero-order chi connectivity index (χ0) is 17.8. The second-order valence-corrected chi connectivity index (χ2v) is 5.27. The first kappa shape index (κ1) is 16.2. The predicted octanol–water partition coefficient (Wildman–Crippen LogP) is 1.64. The SMILES string of the molecule is CC(=O)Nc1ccc(C(=O)NNc2nc3ccccc3c(=O)[nH]2)cc1. The van der Waals surface area contributed by atoms with Crippen LogP contribution in [0.3, 0.4) is 0 Å². The monoisotopic (exact) mass is 337 g/mol. The minimum absolute atomic E-state index is 0.131. The van der Waals surface area contributed by atoms with Crippen LogP contribution in [-0.4, -0.2) is 21.8 Å². The number of carbonyl (C=O) groups is 2. The lowest BCUT2D eigenvalue weighted by Crippen LogP contribution is -2.31. The molecule has 8 heteroatoms. The Labute approximate surface area is 142 Å². The zero-order valence-electron chi connectivity index (χ0n) is 13.3. The van der Waals surface area contributed by atoms with Crippen molar-refractivity contribution in [1.29, 1.82) is 0 Å². The molecule has 2 amide bonds. The second-order valence-electron chi connectivity index (χ2n) is 5.27. The third kappa shape index (κ3) is 3.81. The summed E-state index contributed by atoms with van der Waals surface area (Å²) in [6.45, 7) is 1.40. The fraction of sp³-hybridized carbons (Fsp3) is 0.0588. The first-order valence-electron chi connectivity index (χ1n) is 7.46. The maximum atomic E-state index is 12.1. The highest BCUT2D eigenvalue weighted by Crippen LogP contribution is 2.10. The normalized spacial score (nSPS) is 10.3. The second kappa shape index (κ2) is 6.83. The maximum absolute atomic E-state index is 12.1. The van der Waals surface area contributed by atoms with Gasteiger partial charge in [-0.2, -0.15) is 0 Å². The van der Waals surface area contributed by atoms with Crippen molar-refractivity contribution in [3.63, 3.8) is 0 Å². The molecule has 2 aromatic carbocycles. The Hall–Kier alpha value is -3.68.